The van der Waals surface area contributed by atoms with Gasteiger partial charge in [-0.3, -0.25) is 4.79 Å². The fourth-order valence-electron chi connectivity index (χ4n) is 4.58. The van der Waals surface area contributed by atoms with Crippen molar-refractivity contribution in [2.75, 3.05) is 39.0 Å². The molecule has 1 N–H and O–H groups in total. The summed E-state index contributed by atoms with van der Waals surface area (Å²) in [7, 11) is 4.09. The van der Waals surface area contributed by atoms with Gasteiger partial charge in [-0.05, 0) is 45.1 Å². The first kappa shape index (κ1) is 18.4. The monoisotopic (exact) mass is 369 g/mol. The molecule has 1 aliphatic carbocycles. The Labute approximate surface area is 162 Å². The van der Waals surface area contributed by atoms with E-state index < -0.39 is 0 Å². The zero-order valence-corrected chi connectivity index (χ0v) is 16.6. The van der Waals surface area contributed by atoms with Crippen LogP contribution in [0.5, 0.6) is 0 Å². The number of carbonyl (C=O) groups is 1. The molecule has 1 atom stereocenters. The molecule has 27 heavy (non-hydrogen) atoms. The first-order valence-corrected chi connectivity index (χ1v) is 10.3. The van der Waals surface area contributed by atoms with E-state index in [-0.39, 0.29) is 0 Å². The molecule has 6 heteroatoms. The van der Waals surface area contributed by atoms with Gasteiger partial charge in [0.05, 0.1) is 5.69 Å². The molecule has 4 rings (SSSR count). The minimum atomic E-state index is 0.314. The fraction of sp³-hybridized carbons (Fsp3) is 0.667. The molecule has 3 heterocycles. The van der Waals surface area contributed by atoms with Crippen molar-refractivity contribution >= 4 is 11.7 Å². The minimum Gasteiger partial charge on any atom is -0.373 e. The summed E-state index contributed by atoms with van der Waals surface area (Å²) in [5.41, 5.74) is 2.45. The average Bonchev–Trinajstić information content (AvgIpc) is 3.20. The van der Waals surface area contributed by atoms with Crippen molar-refractivity contribution in [2.45, 2.75) is 51.0 Å². The number of hydrogen-bond donors (Lipinski definition) is 1. The Morgan fingerprint density at radius 3 is 2.74 bits per heavy atom. The quantitative estimate of drug-likeness (QED) is 0.827. The number of amides is 1. The lowest BCUT2D eigenvalue weighted by atomic mass is 9.94. The van der Waals surface area contributed by atoms with Crippen molar-refractivity contribution in [3.8, 4) is 0 Å². The molecule has 0 radical (unpaired) electrons. The molecule has 6 nitrogen and oxygen atoms in total. The summed E-state index contributed by atoms with van der Waals surface area (Å²) in [5, 5.41) is 3.28. The summed E-state index contributed by atoms with van der Waals surface area (Å²) < 4.78 is 0. The van der Waals surface area contributed by atoms with Gasteiger partial charge >= 0.3 is 0 Å². The van der Waals surface area contributed by atoms with Crippen LogP contribution in [0.3, 0.4) is 0 Å². The van der Waals surface area contributed by atoms with Gasteiger partial charge < -0.3 is 15.1 Å². The van der Waals surface area contributed by atoms with E-state index in [1.165, 1.54) is 11.3 Å². The van der Waals surface area contributed by atoms with Crippen LogP contribution >= 0.6 is 0 Å². The summed E-state index contributed by atoms with van der Waals surface area (Å²) >= 11 is 0. The predicted octanol–water partition coefficient (Wildman–Crippen LogP) is 2.57. The van der Waals surface area contributed by atoms with E-state index in [0.717, 1.165) is 69.9 Å². The molecule has 0 aromatic carbocycles. The van der Waals surface area contributed by atoms with Crippen LogP contribution in [0.4, 0.5) is 5.82 Å². The topological polar surface area (TPSA) is 61.4 Å². The lowest BCUT2D eigenvalue weighted by Gasteiger charge is -2.33. The first-order chi connectivity index (χ1) is 13.1. The fourth-order valence-corrected chi connectivity index (χ4v) is 4.58. The van der Waals surface area contributed by atoms with Crippen LogP contribution in [0.25, 0.3) is 0 Å². The Kier molecular flexibility index (Phi) is 5.43. The smallest absolute Gasteiger partial charge is 0.223 e. The first-order valence-electron chi connectivity index (χ1n) is 10.3. The second-order valence-corrected chi connectivity index (χ2v) is 8.22. The molecular formula is C21H31N5O. The molecule has 1 saturated heterocycles. The molecule has 146 valence electrons. The van der Waals surface area contributed by atoms with Crippen molar-refractivity contribution < 1.29 is 4.79 Å². The number of anilines is 1. The number of allylic oxidation sites excluding steroid dienone is 2. The number of piperidine rings is 1. The molecule has 0 spiro atoms. The summed E-state index contributed by atoms with van der Waals surface area (Å²) in [5.74, 6) is 3.07. The Morgan fingerprint density at radius 1 is 1.22 bits per heavy atom. The predicted molar refractivity (Wildman–Crippen MR) is 107 cm³/mol. The van der Waals surface area contributed by atoms with E-state index in [1.54, 1.807) is 0 Å². The van der Waals surface area contributed by atoms with Gasteiger partial charge in [0.25, 0.3) is 0 Å². The maximum atomic E-state index is 12.6. The number of rotatable bonds is 4. The summed E-state index contributed by atoms with van der Waals surface area (Å²) in [6.07, 6.45) is 10.3. The maximum Gasteiger partial charge on any atom is 0.223 e. The van der Waals surface area contributed by atoms with Gasteiger partial charge in [0.15, 0.2) is 0 Å². The molecule has 1 unspecified atom stereocenters. The van der Waals surface area contributed by atoms with Crippen molar-refractivity contribution in [3.05, 3.63) is 29.2 Å². The number of nitrogens with zero attached hydrogens (tertiary/aromatic N) is 4. The summed E-state index contributed by atoms with van der Waals surface area (Å²) in [4.78, 5) is 26.7. The van der Waals surface area contributed by atoms with E-state index >= 15 is 0 Å². The Balaban J connectivity index is 1.41. The van der Waals surface area contributed by atoms with E-state index in [1.807, 2.05) is 11.9 Å². The van der Waals surface area contributed by atoms with Crippen LogP contribution < -0.4 is 5.32 Å². The van der Waals surface area contributed by atoms with E-state index in [4.69, 9.17) is 9.97 Å². The third-order valence-corrected chi connectivity index (χ3v) is 6.27. The minimum absolute atomic E-state index is 0.314. The van der Waals surface area contributed by atoms with Gasteiger partial charge in [-0.1, -0.05) is 12.2 Å². The molecule has 1 amide bonds. The summed E-state index contributed by atoms with van der Waals surface area (Å²) in [6, 6.07) is 0. The standard InChI is InChI=1S/C21H31N5O/c1-22-21-17-9-10-25(2)14-18(17)23-20(24-21)16-7-11-26(12-8-16)19(27)13-15-5-3-4-6-15/h3,5,15-16H,4,6-14H2,1-2H3,(H,22,23,24). The molecule has 2 aliphatic heterocycles. The van der Waals surface area contributed by atoms with Gasteiger partial charge in [-0.15, -0.1) is 0 Å². The molecule has 0 bridgehead atoms. The normalized spacial score (nSPS) is 23.5. The highest BCUT2D eigenvalue weighted by Crippen LogP contribution is 2.31. The van der Waals surface area contributed by atoms with Crippen LogP contribution in [-0.2, 0) is 17.8 Å². The Bertz CT molecular complexity index is 724. The lowest BCUT2D eigenvalue weighted by molar-refractivity contribution is -0.132. The zero-order valence-electron chi connectivity index (χ0n) is 16.6. The van der Waals surface area contributed by atoms with E-state index in [2.05, 4.69) is 29.4 Å². The molecule has 0 saturated carbocycles. The van der Waals surface area contributed by atoms with Crippen molar-refractivity contribution in [1.29, 1.82) is 0 Å². The molecular weight excluding hydrogens is 338 g/mol. The maximum absolute atomic E-state index is 12.6. The SMILES string of the molecule is CNc1nc(C2CCN(C(=O)CC3C=CCC3)CC2)nc2c1CCN(C)C2. The molecule has 1 aromatic heterocycles. The summed E-state index contributed by atoms with van der Waals surface area (Å²) in [6.45, 7) is 3.61. The Hall–Kier alpha value is -1.95. The van der Waals surface area contributed by atoms with Gasteiger partial charge in [-0.25, -0.2) is 9.97 Å². The Morgan fingerprint density at radius 2 is 2.04 bits per heavy atom. The second kappa shape index (κ2) is 7.97. The van der Waals surface area contributed by atoms with Gasteiger partial charge in [0.2, 0.25) is 5.91 Å². The van der Waals surface area contributed by atoms with Crippen molar-refractivity contribution in [3.63, 3.8) is 0 Å². The van der Waals surface area contributed by atoms with Crippen LogP contribution in [0, 0.1) is 5.92 Å². The third-order valence-electron chi connectivity index (χ3n) is 6.27. The van der Waals surface area contributed by atoms with Crippen LogP contribution in [0.2, 0.25) is 0 Å². The number of fused-ring (bicyclic) bond motifs is 1. The zero-order chi connectivity index (χ0) is 18.8. The van der Waals surface area contributed by atoms with Crippen LogP contribution in [0.15, 0.2) is 12.2 Å². The highest BCUT2D eigenvalue weighted by atomic mass is 16.2. The lowest BCUT2D eigenvalue weighted by Crippen LogP contribution is -2.39. The third kappa shape index (κ3) is 4.00. The largest absolute Gasteiger partial charge is 0.373 e. The van der Waals surface area contributed by atoms with E-state index in [0.29, 0.717) is 24.2 Å². The highest BCUT2D eigenvalue weighted by Gasteiger charge is 2.29. The number of carbonyl (C=O) groups excluding carboxylic acids is 1. The number of likely N-dealkylation sites (tertiary alicyclic amines) is 1. The molecule has 3 aliphatic rings. The van der Waals surface area contributed by atoms with Crippen LogP contribution in [-0.4, -0.2) is 59.4 Å². The van der Waals surface area contributed by atoms with Gasteiger partial charge in [-0.2, -0.15) is 0 Å². The number of aromatic nitrogens is 2. The van der Waals surface area contributed by atoms with Crippen LogP contribution in [0.1, 0.15) is 55.1 Å². The second-order valence-electron chi connectivity index (χ2n) is 8.22. The molecule has 1 aromatic rings. The number of nitrogens with one attached hydrogen (secondary N) is 1. The molecule has 1 fully saturated rings. The van der Waals surface area contributed by atoms with Gasteiger partial charge in [0.1, 0.15) is 11.6 Å². The average molecular weight is 370 g/mol. The highest BCUT2D eigenvalue weighted by molar-refractivity contribution is 5.76. The number of likely N-dealkylation sites (N-methyl/N-ethyl adjacent to an activating group) is 1. The van der Waals surface area contributed by atoms with Crippen molar-refractivity contribution in [2.24, 2.45) is 5.92 Å². The van der Waals surface area contributed by atoms with Crippen molar-refractivity contribution in [1.82, 2.24) is 19.8 Å². The van der Waals surface area contributed by atoms with E-state index in [9.17, 15) is 4.79 Å². The number of hydrogen-bond acceptors (Lipinski definition) is 5. The van der Waals surface area contributed by atoms with Gasteiger partial charge in [0, 0.05) is 51.1 Å².